The van der Waals surface area contributed by atoms with Crippen LogP contribution in [0, 0.1) is 11.6 Å². The summed E-state index contributed by atoms with van der Waals surface area (Å²) in [4.78, 5) is 22.6. The third-order valence-corrected chi connectivity index (χ3v) is 4.33. The summed E-state index contributed by atoms with van der Waals surface area (Å²) in [6.45, 7) is 3.62. The number of carbonyl (C=O) groups excluding carboxylic acids is 1. The first-order valence-corrected chi connectivity index (χ1v) is 8.63. The van der Waals surface area contributed by atoms with Crippen LogP contribution in [-0.4, -0.2) is 48.8 Å². The maximum absolute atomic E-state index is 14.5. The molecule has 0 bridgehead atoms. The molecule has 0 unspecified atom stereocenters. The second kappa shape index (κ2) is 8.01. The molecule has 7 nitrogen and oxygen atoms in total. The molecule has 2 N–H and O–H groups in total. The van der Waals surface area contributed by atoms with E-state index in [0.717, 1.165) is 12.1 Å². The van der Waals surface area contributed by atoms with Gasteiger partial charge in [-0.25, -0.2) is 23.5 Å². The van der Waals surface area contributed by atoms with Gasteiger partial charge in [-0.05, 0) is 19.1 Å². The highest BCUT2D eigenvalue weighted by molar-refractivity contribution is 6.31. The molecule has 0 amide bonds. The Labute approximate surface area is 159 Å². The van der Waals surface area contributed by atoms with E-state index in [1.165, 1.54) is 0 Å². The van der Waals surface area contributed by atoms with E-state index in [2.05, 4.69) is 9.97 Å². The lowest BCUT2D eigenvalue weighted by atomic mass is 10.1. The van der Waals surface area contributed by atoms with Crippen molar-refractivity contribution in [2.75, 3.05) is 43.5 Å². The van der Waals surface area contributed by atoms with Crippen molar-refractivity contribution in [1.29, 1.82) is 0 Å². The van der Waals surface area contributed by atoms with Gasteiger partial charge in [0.1, 0.15) is 16.5 Å². The monoisotopic (exact) mass is 398 g/mol. The van der Waals surface area contributed by atoms with Gasteiger partial charge in [-0.1, -0.05) is 11.6 Å². The van der Waals surface area contributed by atoms with E-state index >= 15 is 0 Å². The molecule has 10 heteroatoms. The van der Waals surface area contributed by atoms with Crippen LogP contribution in [0.5, 0.6) is 0 Å². The van der Waals surface area contributed by atoms with Gasteiger partial charge in [0.15, 0.2) is 11.5 Å². The van der Waals surface area contributed by atoms with Crippen LogP contribution < -0.4 is 10.6 Å². The number of nitrogen functional groups attached to an aromatic ring is 1. The van der Waals surface area contributed by atoms with Gasteiger partial charge in [-0.2, -0.15) is 0 Å². The number of anilines is 2. The summed E-state index contributed by atoms with van der Waals surface area (Å²) in [6.07, 6.45) is 0. The van der Waals surface area contributed by atoms with Crippen LogP contribution in [0.1, 0.15) is 17.4 Å². The zero-order valence-electron chi connectivity index (χ0n) is 14.5. The van der Waals surface area contributed by atoms with E-state index in [9.17, 15) is 13.6 Å². The molecule has 1 fully saturated rings. The number of hydrogen-bond donors (Lipinski definition) is 1. The number of carbonyl (C=O) groups is 1. The van der Waals surface area contributed by atoms with Gasteiger partial charge < -0.3 is 20.1 Å². The Morgan fingerprint density at radius 3 is 2.70 bits per heavy atom. The minimum atomic E-state index is -1.02. The Morgan fingerprint density at radius 1 is 1.33 bits per heavy atom. The molecule has 1 aliphatic heterocycles. The number of rotatable bonds is 4. The van der Waals surface area contributed by atoms with E-state index in [1.807, 2.05) is 0 Å². The summed E-state index contributed by atoms with van der Waals surface area (Å²) < 4.78 is 38.3. The first kappa shape index (κ1) is 19.2. The Bertz CT molecular complexity index is 876. The SMILES string of the molecule is CCOC(=O)c1nc(N2CCOCC2)nc(-c2ccc(F)c(Cl)c2F)c1N. The third kappa shape index (κ3) is 3.79. The molecule has 1 aromatic heterocycles. The molecular formula is C17H17ClF2N4O3. The molecule has 1 aromatic carbocycles. The lowest BCUT2D eigenvalue weighted by Gasteiger charge is -2.27. The zero-order valence-corrected chi connectivity index (χ0v) is 15.2. The van der Waals surface area contributed by atoms with Gasteiger partial charge in [0.25, 0.3) is 0 Å². The van der Waals surface area contributed by atoms with Crippen LogP contribution in [-0.2, 0) is 9.47 Å². The molecule has 144 valence electrons. The maximum atomic E-state index is 14.5. The van der Waals surface area contributed by atoms with Crippen molar-refractivity contribution in [3.05, 3.63) is 34.5 Å². The third-order valence-electron chi connectivity index (χ3n) is 3.99. The van der Waals surface area contributed by atoms with Crippen molar-refractivity contribution >= 4 is 29.2 Å². The molecule has 0 aliphatic carbocycles. The molecule has 0 saturated carbocycles. The fourth-order valence-electron chi connectivity index (χ4n) is 2.63. The summed E-state index contributed by atoms with van der Waals surface area (Å²) in [5, 5.41) is -0.684. The number of benzene rings is 1. The van der Waals surface area contributed by atoms with Crippen LogP contribution in [0.15, 0.2) is 12.1 Å². The predicted molar refractivity (Wildman–Crippen MR) is 95.8 cm³/mol. The summed E-state index contributed by atoms with van der Waals surface area (Å²) >= 11 is 5.67. The maximum Gasteiger partial charge on any atom is 0.359 e. The highest BCUT2D eigenvalue weighted by Crippen LogP contribution is 2.34. The normalized spacial score (nSPS) is 14.3. The van der Waals surface area contributed by atoms with Gasteiger partial charge in [0.2, 0.25) is 5.95 Å². The Morgan fingerprint density at radius 2 is 2.04 bits per heavy atom. The average Bonchev–Trinajstić information content (AvgIpc) is 2.68. The van der Waals surface area contributed by atoms with Crippen LogP contribution >= 0.6 is 11.6 Å². The number of nitrogens with two attached hydrogens (primary N) is 1. The van der Waals surface area contributed by atoms with Gasteiger partial charge in [-0.15, -0.1) is 0 Å². The largest absolute Gasteiger partial charge is 0.461 e. The predicted octanol–water partition coefficient (Wildman–Crippen LogP) is 2.67. The highest BCUT2D eigenvalue weighted by atomic mass is 35.5. The molecule has 1 saturated heterocycles. The summed E-state index contributed by atoms with van der Waals surface area (Å²) in [7, 11) is 0. The van der Waals surface area contributed by atoms with E-state index in [4.69, 9.17) is 26.8 Å². The zero-order chi connectivity index (χ0) is 19.6. The summed E-state index contributed by atoms with van der Waals surface area (Å²) in [6, 6.07) is 2.16. The van der Waals surface area contributed by atoms with E-state index in [1.54, 1.807) is 11.8 Å². The van der Waals surface area contributed by atoms with Crippen molar-refractivity contribution in [3.8, 4) is 11.3 Å². The van der Waals surface area contributed by atoms with Gasteiger partial charge in [0.05, 0.1) is 25.5 Å². The fraction of sp³-hybridized carbons (Fsp3) is 0.353. The highest BCUT2D eigenvalue weighted by Gasteiger charge is 2.26. The molecule has 1 aliphatic rings. The summed E-state index contributed by atoms with van der Waals surface area (Å²) in [5.41, 5.74) is 5.47. The minimum Gasteiger partial charge on any atom is -0.461 e. The van der Waals surface area contributed by atoms with Crippen LogP contribution in [0.2, 0.25) is 5.02 Å². The first-order chi connectivity index (χ1) is 12.9. The quantitative estimate of drug-likeness (QED) is 0.625. The van der Waals surface area contributed by atoms with Crippen molar-refractivity contribution in [2.45, 2.75) is 6.92 Å². The topological polar surface area (TPSA) is 90.6 Å². The number of morpholine rings is 1. The molecule has 0 atom stereocenters. The van der Waals surface area contributed by atoms with Crippen molar-refractivity contribution < 1.29 is 23.0 Å². The van der Waals surface area contributed by atoms with Gasteiger partial charge in [-0.3, -0.25) is 0 Å². The number of hydrogen-bond acceptors (Lipinski definition) is 7. The van der Waals surface area contributed by atoms with Crippen molar-refractivity contribution in [2.24, 2.45) is 0 Å². The smallest absolute Gasteiger partial charge is 0.359 e. The second-order valence-electron chi connectivity index (χ2n) is 5.68. The average molecular weight is 399 g/mol. The Kier molecular flexibility index (Phi) is 5.71. The minimum absolute atomic E-state index is 0.0612. The standard InChI is InChI=1S/C17H17ClF2N4O3/c1-2-27-16(25)15-13(21)14(9-3-4-10(19)11(18)12(9)20)22-17(23-15)24-5-7-26-8-6-24/h3-4H,2,5-8,21H2,1H3. The lowest BCUT2D eigenvalue weighted by molar-refractivity contribution is 0.0520. The van der Waals surface area contributed by atoms with E-state index < -0.39 is 22.6 Å². The van der Waals surface area contributed by atoms with Gasteiger partial charge >= 0.3 is 5.97 Å². The summed E-state index contributed by atoms with van der Waals surface area (Å²) in [5.74, 6) is -2.53. The van der Waals surface area contributed by atoms with Crippen LogP contribution in [0.3, 0.4) is 0 Å². The molecular weight excluding hydrogens is 382 g/mol. The number of ether oxygens (including phenoxy) is 2. The molecule has 0 radical (unpaired) electrons. The number of nitrogens with zero attached hydrogens (tertiary/aromatic N) is 3. The Balaban J connectivity index is 2.18. The first-order valence-electron chi connectivity index (χ1n) is 8.25. The fourth-order valence-corrected chi connectivity index (χ4v) is 2.80. The molecule has 2 aromatic rings. The molecule has 0 spiro atoms. The molecule has 3 rings (SSSR count). The van der Waals surface area contributed by atoms with Crippen LogP contribution in [0.4, 0.5) is 20.4 Å². The van der Waals surface area contributed by atoms with E-state index in [0.29, 0.717) is 26.3 Å². The lowest BCUT2D eigenvalue weighted by Crippen LogP contribution is -2.37. The molecule has 2 heterocycles. The number of esters is 1. The van der Waals surface area contributed by atoms with Crippen molar-refractivity contribution in [3.63, 3.8) is 0 Å². The number of halogens is 3. The van der Waals surface area contributed by atoms with Crippen LogP contribution in [0.25, 0.3) is 11.3 Å². The van der Waals surface area contributed by atoms with E-state index in [-0.39, 0.29) is 35.2 Å². The van der Waals surface area contributed by atoms with Crippen molar-refractivity contribution in [1.82, 2.24) is 9.97 Å². The number of aromatic nitrogens is 2. The van der Waals surface area contributed by atoms with Gasteiger partial charge in [0, 0.05) is 18.7 Å². The Hall–Kier alpha value is -2.52. The molecule has 27 heavy (non-hydrogen) atoms. The second-order valence-corrected chi connectivity index (χ2v) is 6.06.